The summed E-state index contributed by atoms with van der Waals surface area (Å²) in [5.41, 5.74) is -3.23. The van der Waals surface area contributed by atoms with Crippen LogP contribution >= 0.6 is 0 Å². The Balaban J connectivity index is 1.63. The molecule has 0 saturated heterocycles. The van der Waals surface area contributed by atoms with Gasteiger partial charge in [-0.05, 0) is 37.3 Å². The van der Waals surface area contributed by atoms with E-state index in [-0.39, 0.29) is 23.5 Å². The fraction of sp³-hybridized carbons (Fsp3) is 0.304. The van der Waals surface area contributed by atoms with Gasteiger partial charge in [-0.1, -0.05) is 6.07 Å². The lowest BCUT2D eigenvalue weighted by Crippen LogP contribution is -2.43. The van der Waals surface area contributed by atoms with E-state index in [1.165, 1.54) is 36.4 Å². The minimum absolute atomic E-state index is 0.0775. The van der Waals surface area contributed by atoms with Gasteiger partial charge in [0.25, 0.3) is 0 Å². The van der Waals surface area contributed by atoms with E-state index >= 15 is 0 Å². The van der Waals surface area contributed by atoms with Crippen molar-refractivity contribution in [3.8, 4) is 11.4 Å². The second kappa shape index (κ2) is 10.2. The van der Waals surface area contributed by atoms with Gasteiger partial charge in [0.05, 0.1) is 18.3 Å². The predicted molar refractivity (Wildman–Crippen MR) is 119 cm³/mol. The van der Waals surface area contributed by atoms with Gasteiger partial charge in [-0.3, -0.25) is 4.57 Å². The molecule has 2 atom stereocenters. The standard InChI is InChI=1S/C23H19F7N6O3/c1-14(21(38,9-34-12-31-11-32-34)18-7-2-15(24)8-19(18)25)35-13-33-36(20(35)37)16-3-5-17(6-4-16)39-10-22(26,27)23(28,29)30/h2-8,11-14,38H,9-10H2,1H3/t14-,21-/m1/s1. The van der Waals surface area contributed by atoms with Gasteiger partial charge in [-0.25, -0.2) is 23.2 Å². The number of hydrogen-bond donors (Lipinski definition) is 1. The summed E-state index contributed by atoms with van der Waals surface area (Å²) in [4.78, 5) is 17.0. The van der Waals surface area contributed by atoms with Crippen LogP contribution in [-0.4, -0.2) is 52.9 Å². The van der Waals surface area contributed by atoms with Crippen molar-refractivity contribution in [3.63, 3.8) is 0 Å². The Kier molecular flexibility index (Phi) is 7.25. The van der Waals surface area contributed by atoms with E-state index in [9.17, 15) is 40.6 Å². The highest BCUT2D eigenvalue weighted by atomic mass is 19.4. The van der Waals surface area contributed by atoms with Crippen LogP contribution in [-0.2, 0) is 12.1 Å². The van der Waals surface area contributed by atoms with Crippen molar-refractivity contribution in [2.24, 2.45) is 0 Å². The second-order valence-corrected chi connectivity index (χ2v) is 8.53. The average molecular weight is 560 g/mol. The summed E-state index contributed by atoms with van der Waals surface area (Å²) in [7, 11) is 0. The largest absolute Gasteiger partial charge is 0.487 e. The second-order valence-electron chi connectivity index (χ2n) is 8.53. The van der Waals surface area contributed by atoms with E-state index in [4.69, 9.17) is 0 Å². The minimum Gasteiger partial charge on any atom is -0.487 e. The third-order valence-electron chi connectivity index (χ3n) is 5.99. The van der Waals surface area contributed by atoms with Gasteiger partial charge in [-0.15, -0.1) is 0 Å². The van der Waals surface area contributed by atoms with Crippen molar-refractivity contribution in [2.75, 3.05) is 6.61 Å². The monoisotopic (exact) mass is 560 g/mol. The molecular weight excluding hydrogens is 541 g/mol. The third-order valence-corrected chi connectivity index (χ3v) is 5.99. The predicted octanol–water partition coefficient (Wildman–Crippen LogP) is 3.63. The lowest BCUT2D eigenvalue weighted by Gasteiger charge is -2.34. The fourth-order valence-electron chi connectivity index (χ4n) is 3.77. The summed E-state index contributed by atoms with van der Waals surface area (Å²) in [5.74, 6) is -7.34. The molecule has 0 amide bonds. The summed E-state index contributed by atoms with van der Waals surface area (Å²) < 4.78 is 99.1. The van der Waals surface area contributed by atoms with Gasteiger partial charge in [0.15, 0.2) is 6.61 Å². The van der Waals surface area contributed by atoms with E-state index in [1.54, 1.807) is 0 Å². The fourth-order valence-corrected chi connectivity index (χ4v) is 3.77. The maximum Gasteiger partial charge on any atom is 0.456 e. The zero-order valence-electron chi connectivity index (χ0n) is 19.9. The van der Waals surface area contributed by atoms with Crippen LogP contribution in [0.4, 0.5) is 30.7 Å². The maximum absolute atomic E-state index is 14.8. The molecule has 16 heteroatoms. The number of benzene rings is 2. The molecule has 2 aromatic carbocycles. The Hall–Kier alpha value is -4.21. The Bertz CT molecular complexity index is 1490. The number of rotatable bonds is 9. The van der Waals surface area contributed by atoms with Crippen LogP contribution < -0.4 is 10.4 Å². The molecule has 0 aliphatic carbocycles. The van der Waals surface area contributed by atoms with Gasteiger partial charge >= 0.3 is 17.8 Å². The molecule has 4 aromatic rings. The highest BCUT2D eigenvalue weighted by Gasteiger charge is 2.58. The summed E-state index contributed by atoms with van der Waals surface area (Å²) in [5, 5.41) is 19.5. The van der Waals surface area contributed by atoms with E-state index in [0.717, 1.165) is 39.8 Å². The highest BCUT2D eigenvalue weighted by Crippen LogP contribution is 2.37. The topological polar surface area (TPSA) is 100.0 Å². The molecule has 0 aliphatic rings. The lowest BCUT2D eigenvalue weighted by atomic mass is 9.86. The first-order valence-electron chi connectivity index (χ1n) is 11.1. The van der Waals surface area contributed by atoms with Gasteiger partial charge in [-0.2, -0.15) is 36.8 Å². The van der Waals surface area contributed by atoms with Crippen molar-refractivity contribution < 1.29 is 40.6 Å². The van der Waals surface area contributed by atoms with Crippen LogP contribution in [0.5, 0.6) is 5.75 Å². The summed E-state index contributed by atoms with van der Waals surface area (Å²) in [6, 6.07) is 5.84. The van der Waals surface area contributed by atoms with E-state index in [1.807, 2.05) is 0 Å². The number of aromatic nitrogens is 6. The summed E-state index contributed by atoms with van der Waals surface area (Å²) in [6.07, 6.45) is -2.31. The summed E-state index contributed by atoms with van der Waals surface area (Å²) in [6.45, 7) is -0.930. The zero-order valence-corrected chi connectivity index (χ0v) is 19.9. The van der Waals surface area contributed by atoms with E-state index in [0.29, 0.717) is 6.07 Å². The molecule has 0 radical (unpaired) electrons. The number of alkyl halides is 5. The molecular formula is C23H19F7N6O3. The Labute approximate surface area is 214 Å². The quantitative estimate of drug-likeness (QED) is 0.314. The molecule has 208 valence electrons. The van der Waals surface area contributed by atoms with Gasteiger partial charge in [0.2, 0.25) is 0 Å². The molecule has 0 fully saturated rings. The SMILES string of the molecule is C[C@@H](n1cnn(-c2ccc(OCC(F)(F)C(F)(F)F)cc2)c1=O)[C@](O)(Cn1cncn1)c1ccc(F)cc1F. The summed E-state index contributed by atoms with van der Waals surface area (Å²) >= 11 is 0. The molecule has 2 heterocycles. The number of ether oxygens (including phenoxy) is 1. The number of nitrogens with zero attached hydrogens (tertiary/aromatic N) is 6. The van der Waals surface area contributed by atoms with E-state index < -0.39 is 47.7 Å². The van der Waals surface area contributed by atoms with Crippen LogP contribution in [0.3, 0.4) is 0 Å². The smallest absolute Gasteiger partial charge is 0.456 e. The van der Waals surface area contributed by atoms with Crippen LogP contribution in [0.1, 0.15) is 18.5 Å². The average Bonchev–Trinajstić information content (AvgIpc) is 3.51. The van der Waals surface area contributed by atoms with E-state index in [2.05, 4.69) is 19.9 Å². The van der Waals surface area contributed by atoms with Crippen LogP contribution in [0.2, 0.25) is 0 Å². The Morgan fingerprint density at radius 3 is 2.28 bits per heavy atom. The molecule has 0 unspecified atom stereocenters. The maximum atomic E-state index is 14.8. The first kappa shape index (κ1) is 27.8. The normalized spacial score (nSPS) is 14.7. The zero-order chi connectivity index (χ0) is 28.6. The van der Waals surface area contributed by atoms with Crippen molar-refractivity contribution in [1.82, 2.24) is 29.1 Å². The van der Waals surface area contributed by atoms with Crippen LogP contribution in [0.15, 0.2) is 66.2 Å². The van der Waals surface area contributed by atoms with Crippen LogP contribution in [0.25, 0.3) is 5.69 Å². The molecule has 0 saturated carbocycles. The molecule has 9 nitrogen and oxygen atoms in total. The highest BCUT2D eigenvalue weighted by molar-refractivity contribution is 5.36. The Morgan fingerprint density at radius 1 is 1.00 bits per heavy atom. The third kappa shape index (κ3) is 5.50. The van der Waals surface area contributed by atoms with Crippen molar-refractivity contribution in [3.05, 3.63) is 89.1 Å². The van der Waals surface area contributed by atoms with Gasteiger partial charge in [0, 0.05) is 11.6 Å². The number of halogens is 7. The first-order valence-corrected chi connectivity index (χ1v) is 11.1. The van der Waals surface area contributed by atoms with Crippen molar-refractivity contribution >= 4 is 0 Å². The van der Waals surface area contributed by atoms with Gasteiger partial charge < -0.3 is 9.84 Å². The number of hydrogen-bond acceptors (Lipinski definition) is 6. The van der Waals surface area contributed by atoms with Crippen LogP contribution in [0, 0.1) is 11.6 Å². The molecule has 1 N–H and O–H groups in total. The molecule has 0 aliphatic heterocycles. The first-order chi connectivity index (χ1) is 18.2. The molecule has 4 rings (SSSR count). The number of aliphatic hydroxyl groups is 1. The lowest BCUT2D eigenvalue weighted by molar-refractivity contribution is -0.290. The Morgan fingerprint density at radius 2 is 1.69 bits per heavy atom. The van der Waals surface area contributed by atoms with Gasteiger partial charge in [0.1, 0.15) is 42.0 Å². The molecule has 0 spiro atoms. The molecule has 2 aromatic heterocycles. The molecule has 0 bridgehead atoms. The minimum atomic E-state index is -5.78. The van der Waals surface area contributed by atoms with Crippen molar-refractivity contribution in [1.29, 1.82) is 0 Å². The molecule has 39 heavy (non-hydrogen) atoms. The van der Waals surface area contributed by atoms with Crippen molar-refractivity contribution in [2.45, 2.75) is 37.2 Å².